The van der Waals surface area contributed by atoms with Crippen molar-refractivity contribution in [1.29, 1.82) is 0 Å². The van der Waals surface area contributed by atoms with E-state index in [0.29, 0.717) is 16.8 Å². The molecule has 0 radical (unpaired) electrons. The highest BCUT2D eigenvalue weighted by molar-refractivity contribution is 5.93. The summed E-state index contributed by atoms with van der Waals surface area (Å²) in [7, 11) is 0. The fourth-order valence-corrected chi connectivity index (χ4v) is 2.34. The normalized spacial score (nSPS) is 13.7. The van der Waals surface area contributed by atoms with Gasteiger partial charge < -0.3 is 10.4 Å². The van der Waals surface area contributed by atoms with Gasteiger partial charge in [0.05, 0.1) is 12.0 Å². The summed E-state index contributed by atoms with van der Waals surface area (Å²) in [6.07, 6.45) is -0.0339. The lowest BCUT2D eigenvalue weighted by molar-refractivity contribution is -0.120. The lowest BCUT2D eigenvalue weighted by Gasteiger charge is -2.23. The van der Waals surface area contributed by atoms with Gasteiger partial charge in [-0.15, -0.1) is 0 Å². The molecule has 1 heterocycles. The predicted molar refractivity (Wildman–Crippen MR) is 83.1 cm³/mol. The van der Waals surface area contributed by atoms with Crippen molar-refractivity contribution in [3.8, 4) is 0 Å². The van der Waals surface area contributed by atoms with Crippen molar-refractivity contribution in [3.63, 3.8) is 0 Å². The third-order valence-corrected chi connectivity index (χ3v) is 3.50. The number of anilines is 1. The molecule has 1 aromatic heterocycles. The maximum Gasteiger partial charge on any atom is 0.227 e. The molecule has 2 aromatic carbocycles. The number of nitrogens with zero attached hydrogens (tertiary/aromatic N) is 2. The van der Waals surface area contributed by atoms with Crippen molar-refractivity contribution in [2.75, 3.05) is 5.32 Å². The zero-order chi connectivity index (χ0) is 15.6. The lowest BCUT2D eigenvalue weighted by Crippen LogP contribution is -2.28. The first-order chi connectivity index (χ1) is 10.5. The molecule has 112 valence electrons. The smallest absolute Gasteiger partial charge is 0.227 e. The second-order valence-electron chi connectivity index (χ2n) is 5.39. The van der Waals surface area contributed by atoms with E-state index in [-0.39, 0.29) is 12.3 Å². The Hall–Kier alpha value is -2.73. The third-order valence-electron chi connectivity index (χ3n) is 3.50. The maximum atomic E-state index is 12.2. The van der Waals surface area contributed by atoms with E-state index in [0.717, 1.165) is 5.52 Å². The summed E-state index contributed by atoms with van der Waals surface area (Å²) in [6, 6.07) is 14.4. The Balaban J connectivity index is 1.71. The highest BCUT2D eigenvalue weighted by Crippen LogP contribution is 2.25. The third kappa shape index (κ3) is 2.96. The molecule has 0 aliphatic rings. The average molecular weight is 296 g/mol. The van der Waals surface area contributed by atoms with Crippen molar-refractivity contribution >= 4 is 22.6 Å². The van der Waals surface area contributed by atoms with E-state index in [1.807, 2.05) is 18.2 Å². The molecule has 0 fully saturated rings. The number of carbonyl (C=O) groups is 1. The molecule has 0 aliphatic heterocycles. The van der Waals surface area contributed by atoms with E-state index in [2.05, 4.69) is 20.7 Å². The van der Waals surface area contributed by atoms with Crippen LogP contribution in [-0.2, 0) is 10.4 Å². The number of aliphatic hydroxyl groups is 1. The van der Waals surface area contributed by atoms with Crippen molar-refractivity contribution < 1.29 is 9.90 Å². The summed E-state index contributed by atoms with van der Waals surface area (Å²) in [4.78, 5) is 12.2. The van der Waals surface area contributed by atoms with Gasteiger partial charge in [0, 0.05) is 5.69 Å². The molecule has 3 rings (SSSR count). The summed E-state index contributed by atoms with van der Waals surface area (Å²) < 4.78 is 0. The molecule has 0 aliphatic carbocycles. The van der Waals surface area contributed by atoms with Gasteiger partial charge in [-0.1, -0.05) is 30.3 Å². The minimum atomic E-state index is -1.22. The van der Waals surface area contributed by atoms with E-state index >= 15 is 0 Å². The van der Waals surface area contributed by atoms with Crippen LogP contribution in [0.25, 0.3) is 11.0 Å². The number of aromatic nitrogens is 3. The Morgan fingerprint density at radius 3 is 2.68 bits per heavy atom. The van der Waals surface area contributed by atoms with E-state index < -0.39 is 5.60 Å². The summed E-state index contributed by atoms with van der Waals surface area (Å²) in [5.41, 5.74) is 1.51. The van der Waals surface area contributed by atoms with Gasteiger partial charge in [0.25, 0.3) is 0 Å². The van der Waals surface area contributed by atoms with Crippen molar-refractivity contribution in [3.05, 3.63) is 54.1 Å². The van der Waals surface area contributed by atoms with Crippen LogP contribution >= 0.6 is 0 Å². The molecule has 6 heteroatoms. The summed E-state index contributed by atoms with van der Waals surface area (Å²) in [5, 5.41) is 23.7. The Morgan fingerprint density at radius 1 is 1.18 bits per heavy atom. The first kappa shape index (κ1) is 14.2. The number of H-pyrrole nitrogens is 1. The van der Waals surface area contributed by atoms with Crippen LogP contribution in [0.5, 0.6) is 0 Å². The molecule has 3 aromatic rings. The number of rotatable bonds is 4. The molecule has 0 saturated heterocycles. The molecule has 1 unspecified atom stereocenters. The zero-order valence-electron chi connectivity index (χ0n) is 12.1. The first-order valence-electron chi connectivity index (χ1n) is 6.93. The van der Waals surface area contributed by atoms with Gasteiger partial charge in [-0.2, -0.15) is 15.4 Å². The first-order valence-corrected chi connectivity index (χ1v) is 6.93. The highest BCUT2D eigenvalue weighted by atomic mass is 16.3. The van der Waals surface area contributed by atoms with Crippen LogP contribution in [0.2, 0.25) is 0 Å². The zero-order valence-corrected chi connectivity index (χ0v) is 12.1. The molecule has 0 bridgehead atoms. The van der Waals surface area contributed by atoms with Gasteiger partial charge in [0.1, 0.15) is 11.0 Å². The molecule has 0 spiro atoms. The molecule has 22 heavy (non-hydrogen) atoms. The van der Waals surface area contributed by atoms with Crippen LogP contribution in [0, 0.1) is 0 Å². The quantitative estimate of drug-likeness (QED) is 0.688. The topological polar surface area (TPSA) is 90.9 Å². The SMILES string of the molecule is CC(O)(CC(=O)Nc1ccc2n[nH]nc2c1)c1ccccc1. The highest BCUT2D eigenvalue weighted by Gasteiger charge is 2.26. The molecular weight excluding hydrogens is 280 g/mol. The number of fused-ring (bicyclic) bond motifs is 1. The number of amides is 1. The summed E-state index contributed by atoms with van der Waals surface area (Å²) >= 11 is 0. The lowest BCUT2D eigenvalue weighted by atomic mass is 9.92. The van der Waals surface area contributed by atoms with Gasteiger partial charge in [0.15, 0.2) is 0 Å². The van der Waals surface area contributed by atoms with Gasteiger partial charge in [-0.05, 0) is 30.7 Å². The largest absolute Gasteiger partial charge is 0.385 e. The second kappa shape index (κ2) is 5.57. The van der Waals surface area contributed by atoms with Gasteiger partial charge in [-0.25, -0.2) is 0 Å². The van der Waals surface area contributed by atoms with Crippen LogP contribution in [0.3, 0.4) is 0 Å². The van der Waals surface area contributed by atoms with Crippen LogP contribution in [0.4, 0.5) is 5.69 Å². The minimum Gasteiger partial charge on any atom is -0.385 e. The maximum absolute atomic E-state index is 12.2. The number of nitrogens with one attached hydrogen (secondary N) is 2. The average Bonchev–Trinajstić information content (AvgIpc) is 2.95. The summed E-state index contributed by atoms with van der Waals surface area (Å²) in [5.74, 6) is -0.267. The second-order valence-corrected chi connectivity index (χ2v) is 5.39. The number of carbonyl (C=O) groups excluding carboxylic acids is 1. The van der Waals surface area contributed by atoms with Crippen LogP contribution < -0.4 is 5.32 Å². The van der Waals surface area contributed by atoms with Crippen LogP contribution in [0.1, 0.15) is 18.9 Å². The number of aromatic amines is 1. The van der Waals surface area contributed by atoms with Crippen LogP contribution in [0.15, 0.2) is 48.5 Å². The standard InChI is InChI=1S/C16H16N4O2/c1-16(22,11-5-3-2-4-6-11)10-15(21)17-12-7-8-13-14(9-12)19-20-18-13/h2-9,22H,10H2,1H3,(H,17,21)(H,18,19,20). The predicted octanol–water partition coefficient (Wildman–Crippen LogP) is 2.19. The Bertz CT molecular complexity index is 796. The van der Waals surface area contributed by atoms with E-state index in [9.17, 15) is 9.90 Å². The molecule has 0 saturated carbocycles. The Labute approximate surface area is 127 Å². The fourth-order valence-electron chi connectivity index (χ4n) is 2.34. The molecule has 1 atom stereocenters. The van der Waals surface area contributed by atoms with Crippen molar-refractivity contribution in [1.82, 2.24) is 15.4 Å². The molecule has 1 amide bonds. The Morgan fingerprint density at radius 2 is 1.91 bits per heavy atom. The van der Waals surface area contributed by atoms with Gasteiger partial charge in [-0.3, -0.25) is 4.79 Å². The van der Waals surface area contributed by atoms with E-state index in [1.54, 1.807) is 37.3 Å². The minimum absolute atomic E-state index is 0.0339. The van der Waals surface area contributed by atoms with Crippen molar-refractivity contribution in [2.24, 2.45) is 0 Å². The summed E-state index contributed by atoms with van der Waals surface area (Å²) in [6.45, 7) is 1.63. The fraction of sp³-hybridized carbons (Fsp3) is 0.188. The Kier molecular flexibility index (Phi) is 3.60. The van der Waals surface area contributed by atoms with Gasteiger partial charge >= 0.3 is 0 Å². The molecule has 3 N–H and O–H groups in total. The van der Waals surface area contributed by atoms with E-state index in [1.165, 1.54) is 0 Å². The molecular formula is C16H16N4O2. The van der Waals surface area contributed by atoms with E-state index in [4.69, 9.17) is 0 Å². The number of hydrogen-bond donors (Lipinski definition) is 3. The van der Waals surface area contributed by atoms with Crippen LogP contribution in [-0.4, -0.2) is 26.4 Å². The number of hydrogen-bond acceptors (Lipinski definition) is 4. The monoisotopic (exact) mass is 296 g/mol. The van der Waals surface area contributed by atoms with Gasteiger partial charge in [0.2, 0.25) is 5.91 Å². The van der Waals surface area contributed by atoms with Crippen molar-refractivity contribution in [2.45, 2.75) is 18.9 Å². The number of benzene rings is 2. The molecule has 6 nitrogen and oxygen atoms in total.